The largest absolute Gasteiger partial charge is 0.316 e. The van der Waals surface area contributed by atoms with E-state index in [1.807, 2.05) is 12.4 Å². The highest BCUT2D eigenvalue weighted by atomic mass is 19.1. The van der Waals surface area contributed by atoms with Gasteiger partial charge in [0.25, 0.3) is 0 Å². The number of halogens is 1. The van der Waals surface area contributed by atoms with Crippen LogP contribution in [0.4, 0.5) is 4.39 Å². The summed E-state index contributed by atoms with van der Waals surface area (Å²) >= 11 is 0. The molecule has 1 aliphatic heterocycles. The van der Waals surface area contributed by atoms with Crippen LogP contribution in [0.1, 0.15) is 12.0 Å². The minimum Gasteiger partial charge on any atom is -0.316 e. The summed E-state index contributed by atoms with van der Waals surface area (Å²) in [4.78, 5) is 2.34. The second kappa shape index (κ2) is 6.37. The lowest BCUT2D eigenvalue weighted by Gasteiger charge is -2.19. The lowest BCUT2D eigenvalue weighted by Crippen LogP contribution is -2.26. The van der Waals surface area contributed by atoms with Gasteiger partial charge in [0.2, 0.25) is 0 Å². The van der Waals surface area contributed by atoms with Crippen LogP contribution in [0.3, 0.4) is 0 Å². The van der Waals surface area contributed by atoms with Crippen molar-refractivity contribution >= 4 is 0 Å². The molecule has 1 aliphatic rings. The van der Waals surface area contributed by atoms with Gasteiger partial charge in [0, 0.05) is 24.8 Å². The molecule has 3 rings (SSSR count). The zero-order valence-corrected chi connectivity index (χ0v) is 12.3. The first kappa shape index (κ1) is 14.2. The van der Waals surface area contributed by atoms with E-state index in [9.17, 15) is 4.39 Å². The van der Waals surface area contributed by atoms with Gasteiger partial charge in [-0.25, -0.2) is 9.07 Å². The molecule has 112 valence electrons. The monoisotopic (exact) mass is 288 g/mol. The van der Waals surface area contributed by atoms with Gasteiger partial charge in [0.05, 0.1) is 11.9 Å². The Morgan fingerprint density at radius 3 is 2.90 bits per heavy atom. The normalized spacial score (nSPS) is 18.5. The van der Waals surface area contributed by atoms with Crippen LogP contribution in [-0.2, 0) is 6.54 Å². The van der Waals surface area contributed by atoms with Crippen LogP contribution in [-0.4, -0.2) is 41.4 Å². The standard InChI is InChI=1S/C16H21FN4/c1-20(10-13-6-7-18-8-13)11-14-9-19-21(12-14)16-4-2-15(17)3-5-16/h2-5,9,12-13,18H,6-8,10-11H2,1H3. The Labute approximate surface area is 124 Å². The Balaban J connectivity index is 1.60. The Kier molecular flexibility index (Phi) is 4.31. The highest BCUT2D eigenvalue weighted by Gasteiger charge is 2.16. The Bertz CT molecular complexity index is 572. The number of nitrogens with one attached hydrogen (secondary N) is 1. The minimum absolute atomic E-state index is 0.226. The Morgan fingerprint density at radius 2 is 2.19 bits per heavy atom. The molecule has 0 radical (unpaired) electrons. The highest BCUT2D eigenvalue weighted by molar-refractivity contribution is 5.31. The summed E-state index contributed by atoms with van der Waals surface area (Å²) in [5, 5.41) is 7.75. The molecule has 4 nitrogen and oxygen atoms in total. The highest BCUT2D eigenvalue weighted by Crippen LogP contribution is 2.13. The third kappa shape index (κ3) is 3.68. The molecule has 5 heteroatoms. The second-order valence-corrected chi connectivity index (χ2v) is 5.83. The molecule has 1 fully saturated rings. The minimum atomic E-state index is -0.226. The van der Waals surface area contributed by atoms with Crippen molar-refractivity contribution in [1.82, 2.24) is 20.0 Å². The second-order valence-electron chi connectivity index (χ2n) is 5.83. The zero-order chi connectivity index (χ0) is 14.7. The number of nitrogens with zero attached hydrogens (tertiary/aromatic N) is 3. The SMILES string of the molecule is CN(Cc1cnn(-c2ccc(F)cc2)c1)CC1CCNC1. The first-order chi connectivity index (χ1) is 10.2. The molecule has 1 N–H and O–H groups in total. The average molecular weight is 288 g/mol. The molecule has 1 aromatic heterocycles. The summed E-state index contributed by atoms with van der Waals surface area (Å²) in [6, 6.07) is 6.38. The van der Waals surface area contributed by atoms with Crippen molar-refractivity contribution < 1.29 is 4.39 Å². The molecule has 1 aromatic carbocycles. The fourth-order valence-electron chi connectivity index (χ4n) is 2.86. The molecule has 1 atom stereocenters. The fraction of sp³-hybridized carbons (Fsp3) is 0.438. The summed E-state index contributed by atoms with van der Waals surface area (Å²) in [5.74, 6) is 0.526. The molecule has 21 heavy (non-hydrogen) atoms. The van der Waals surface area contributed by atoms with Crippen LogP contribution in [0.2, 0.25) is 0 Å². The summed E-state index contributed by atoms with van der Waals surface area (Å²) in [7, 11) is 2.15. The van der Waals surface area contributed by atoms with Crippen molar-refractivity contribution in [3.05, 3.63) is 48.0 Å². The molecule has 0 bridgehead atoms. The van der Waals surface area contributed by atoms with E-state index in [1.54, 1.807) is 16.8 Å². The smallest absolute Gasteiger partial charge is 0.123 e. The van der Waals surface area contributed by atoms with Gasteiger partial charge in [0.1, 0.15) is 5.82 Å². The first-order valence-electron chi connectivity index (χ1n) is 7.39. The summed E-state index contributed by atoms with van der Waals surface area (Å²) < 4.78 is 14.7. The first-order valence-corrected chi connectivity index (χ1v) is 7.39. The van der Waals surface area contributed by atoms with E-state index in [0.29, 0.717) is 0 Å². The fourth-order valence-corrected chi connectivity index (χ4v) is 2.86. The van der Waals surface area contributed by atoms with Gasteiger partial charge in [-0.2, -0.15) is 5.10 Å². The topological polar surface area (TPSA) is 33.1 Å². The van der Waals surface area contributed by atoms with Crippen LogP contribution in [0, 0.1) is 11.7 Å². The molecular formula is C16H21FN4. The van der Waals surface area contributed by atoms with E-state index in [2.05, 4.69) is 22.4 Å². The number of hydrogen-bond donors (Lipinski definition) is 1. The van der Waals surface area contributed by atoms with Gasteiger partial charge in [-0.05, 0) is 56.7 Å². The number of hydrogen-bond acceptors (Lipinski definition) is 3. The van der Waals surface area contributed by atoms with Gasteiger partial charge in [0.15, 0.2) is 0 Å². The summed E-state index contributed by atoms with van der Waals surface area (Å²) in [6.45, 7) is 4.26. The molecule has 1 unspecified atom stereocenters. The van der Waals surface area contributed by atoms with E-state index in [-0.39, 0.29) is 5.82 Å². The lowest BCUT2D eigenvalue weighted by molar-refractivity contribution is 0.278. The molecule has 0 amide bonds. The van der Waals surface area contributed by atoms with E-state index < -0.39 is 0 Å². The van der Waals surface area contributed by atoms with Gasteiger partial charge < -0.3 is 10.2 Å². The number of rotatable bonds is 5. The predicted molar refractivity (Wildman–Crippen MR) is 80.8 cm³/mol. The van der Waals surface area contributed by atoms with Gasteiger partial charge in [-0.15, -0.1) is 0 Å². The summed E-state index contributed by atoms with van der Waals surface area (Å²) in [6.07, 6.45) is 5.16. The van der Waals surface area contributed by atoms with Crippen LogP contribution >= 0.6 is 0 Å². The molecule has 2 aromatic rings. The van der Waals surface area contributed by atoms with Crippen LogP contribution < -0.4 is 5.32 Å². The number of aromatic nitrogens is 2. The van der Waals surface area contributed by atoms with Gasteiger partial charge in [-0.1, -0.05) is 0 Å². The molecule has 1 saturated heterocycles. The van der Waals surface area contributed by atoms with E-state index in [1.165, 1.54) is 24.1 Å². The maximum atomic E-state index is 12.9. The van der Waals surface area contributed by atoms with Crippen molar-refractivity contribution in [2.45, 2.75) is 13.0 Å². The van der Waals surface area contributed by atoms with Crippen LogP contribution in [0.15, 0.2) is 36.7 Å². The van der Waals surface area contributed by atoms with Gasteiger partial charge in [-0.3, -0.25) is 0 Å². The van der Waals surface area contributed by atoms with Crippen molar-refractivity contribution in [2.75, 3.05) is 26.7 Å². The Morgan fingerprint density at radius 1 is 1.38 bits per heavy atom. The van der Waals surface area contributed by atoms with Crippen molar-refractivity contribution in [1.29, 1.82) is 0 Å². The Hall–Kier alpha value is -1.72. The van der Waals surface area contributed by atoms with Crippen molar-refractivity contribution in [3.63, 3.8) is 0 Å². The van der Waals surface area contributed by atoms with Crippen LogP contribution in [0.5, 0.6) is 0 Å². The molecular weight excluding hydrogens is 267 g/mol. The third-order valence-electron chi connectivity index (χ3n) is 3.91. The van der Waals surface area contributed by atoms with E-state index in [0.717, 1.165) is 37.8 Å². The van der Waals surface area contributed by atoms with E-state index in [4.69, 9.17) is 0 Å². The quantitative estimate of drug-likeness (QED) is 0.914. The van der Waals surface area contributed by atoms with Crippen molar-refractivity contribution in [2.24, 2.45) is 5.92 Å². The molecule has 2 heterocycles. The average Bonchev–Trinajstić information content (AvgIpc) is 3.11. The van der Waals surface area contributed by atoms with Gasteiger partial charge >= 0.3 is 0 Å². The van der Waals surface area contributed by atoms with Crippen LogP contribution in [0.25, 0.3) is 5.69 Å². The molecule has 0 saturated carbocycles. The maximum absolute atomic E-state index is 12.9. The van der Waals surface area contributed by atoms with E-state index >= 15 is 0 Å². The molecule has 0 aliphatic carbocycles. The lowest BCUT2D eigenvalue weighted by atomic mass is 10.1. The predicted octanol–water partition coefficient (Wildman–Crippen LogP) is 2.05. The zero-order valence-electron chi connectivity index (χ0n) is 12.3. The summed E-state index contributed by atoms with van der Waals surface area (Å²) in [5.41, 5.74) is 2.05. The molecule has 0 spiro atoms. The maximum Gasteiger partial charge on any atom is 0.123 e. The number of benzene rings is 1. The third-order valence-corrected chi connectivity index (χ3v) is 3.91. The van der Waals surface area contributed by atoms with Crippen molar-refractivity contribution in [3.8, 4) is 5.69 Å².